The number of nitrogens with zero attached hydrogens (tertiary/aromatic N) is 4. The van der Waals surface area contributed by atoms with Crippen molar-refractivity contribution in [2.24, 2.45) is 7.05 Å². The van der Waals surface area contributed by atoms with Crippen molar-refractivity contribution in [2.75, 3.05) is 4.90 Å². The fourth-order valence-corrected chi connectivity index (χ4v) is 4.04. The number of thiazole rings is 1. The normalized spacial score (nSPS) is 11.1. The molecule has 0 saturated heterocycles. The van der Waals surface area contributed by atoms with Crippen LogP contribution in [0.4, 0.5) is 5.13 Å². The molecule has 0 unspecified atom stereocenters. The zero-order valence-corrected chi connectivity index (χ0v) is 16.3. The predicted molar refractivity (Wildman–Crippen MR) is 109 cm³/mol. The first-order valence-corrected chi connectivity index (χ1v) is 9.56. The predicted octanol–water partition coefficient (Wildman–Crippen LogP) is 4.49. The molecule has 0 aliphatic carbocycles. The quantitative estimate of drug-likeness (QED) is 0.527. The third kappa shape index (κ3) is 3.36. The maximum atomic E-state index is 13.3. The Balaban J connectivity index is 1.79. The van der Waals surface area contributed by atoms with Crippen LogP contribution in [0.5, 0.6) is 0 Å². The van der Waals surface area contributed by atoms with E-state index in [1.807, 2.05) is 30.3 Å². The van der Waals surface area contributed by atoms with Crippen molar-refractivity contribution >= 4 is 32.6 Å². The van der Waals surface area contributed by atoms with E-state index in [0.717, 1.165) is 15.8 Å². The summed E-state index contributed by atoms with van der Waals surface area (Å²) >= 11 is 1.54. The van der Waals surface area contributed by atoms with E-state index < -0.39 is 0 Å². The third-order valence-electron chi connectivity index (χ3n) is 4.69. The summed E-state index contributed by atoms with van der Waals surface area (Å²) in [6.45, 7) is 4.63. The van der Waals surface area contributed by atoms with Gasteiger partial charge in [0.05, 0.1) is 16.8 Å². The summed E-state index contributed by atoms with van der Waals surface area (Å²) in [6, 6.07) is 15.9. The molecule has 2 aromatic heterocycles. The summed E-state index contributed by atoms with van der Waals surface area (Å²) in [5.41, 5.74) is 4.95. The van der Waals surface area contributed by atoms with Crippen LogP contribution in [0.15, 0.2) is 54.7 Å². The van der Waals surface area contributed by atoms with E-state index in [1.165, 1.54) is 11.1 Å². The van der Waals surface area contributed by atoms with Crippen LogP contribution < -0.4 is 4.90 Å². The zero-order chi connectivity index (χ0) is 19.0. The minimum absolute atomic E-state index is 0.105. The summed E-state index contributed by atoms with van der Waals surface area (Å²) in [6.07, 6.45) is 1.64. The van der Waals surface area contributed by atoms with Crippen LogP contribution in [0.2, 0.25) is 0 Å². The number of hydrogen-bond acceptors (Lipinski definition) is 4. The number of carbonyl (C=O) groups excluding carboxylic acids is 1. The Hall–Kier alpha value is -2.99. The molecule has 0 aliphatic rings. The minimum atomic E-state index is -0.105. The highest BCUT2D eigenvalue weighted by Crippen LogP contribution is 2.32. The summed E-state index contributed by atoms with van der Waals surface area (Å²) in [5, 5.41) is 4.84. The summed E-state index contributed by atoms with van der Waals surface area (Å²) in [5.74, 6) is -0.105. The molecule has 6 heteroatoms. The van der Waals surface area contributed by atoms with Gasteiger partial charge in [0.15, 0.2) is 5.13 Å². The topological polar surface area (TPSA) is 51.0 Å². The number of carbonyl (C=O) groups is 1. The van der Waals surface area contributed by atoms with E-state index in [4.69, 9.17) is 4.98 Å². The fourth-order valence-electron chi connectivity index (χ4n) is 3.00. The van der Waals surface area contributed by atoms with Crippen LogP contribution >= 0.6 is 11.3 Å². The van der Waals surface area contributed by atoms with Crippen LogP contribution in [-0.2, 0) is 13.6 Å². The average Bonchev–Trinajstić information content (AvgIpc) is 3.26. The maximum Gasteiger partial charge on any atom is 0.278 e. The van der Waals surface area contributed by atoms with Crippen LogP contribution in [0.25, 0.3) is 10.2 Å². The van der Waals surface area contributed by atoms with Gasteiger partial charge in [-0.2, -0.15) is 5.10 Å². The van der Waals surface area contributed by atoms with Gasteiger partial charge in [-0.3, -0.25) is 14.4 Å². The van der Waals surface area contributed by atoms with E-state index in [-0.39, 0.29) is 5.91 Å². The van der Waals surface area contributed by atoms with Gasteiger partial charge >= 0.3 is 0 Å². The summed E-state index contributed by atoms with van der Waals surface area (Å²) in [4.78, 5) is 19.8. The van der Waals surface area contributed by atoms with E-state index in [9.17, 15) is 4.79 Å². The van der Waals surface area contributed by atoms with Gasteiger partial charge in [-0.1, -0.05) is 41.7 Å². The first kappa shape index (κ1) is 17.4. The zero-order valence-electron chi connectivity index (χ0n) is 15.5. The van der Waals surface area contributed by atoms with Crippen molar-refractivity contribution in [1.82, 2.24) is 14.8 Å². The Morgan fingerprint density at radius 3 is 2.56 bits per heavy atom. The smallest absolute Gasteiger partial charge is 0.278 e. The molecule has 0 N–H and O–H groups in total. The molecule has 0 aliphatic heterocycles. The number of rotatable bonds is 4. The van der Waals surface area contributed by atoms with Crippen molar-refractivity contribution in [3.8, 4) is 0 Å². The summed E-state index contributed by atoms with van der Waals surface area (Å²) < 4.78 is 2.69. The number of benzene rings is 2. The molecule has 0 bridgehead atoms. The van der Waals surface area contributed by atoms with Gasteiger partial charge in [-0.25, -0.2) is 4.98 Å². The third-order valence-corrected chi connectivity index (χ3v) is 5.73. The molecule has 27 heavy (non-hydrogen) atoms. The van der Waals surface area contributed by atoms with Gasteiger partial charge in [0.2, 0.25) is 0 Å². The first-order valence-electron chi connectivity index (χ1n) is 8.74. The lowest BCUT2D eigenvalue weighted by Crippen LogP contribution is -2.31. The second kappa shape index (κ2) is 6.96. The van der Waals surface area contributed by atoms with Crippen LogP contribution in [0, 0.1) is 13.8 Å². The Bertz CT molecular complexity index is 1070. The van der Waals surface area contributed by atoms with E-state index in [2.05, 4.69) is 31.1 Å². The van der Waals surface area contributed by atoms with E-state index in [0.29, 0.717) is 17.4 Å². The van der Waals surface area contributed by atoms with Gasteiger partial charge in [0.1, 0.15) is 5.69 Å². The molecular weight excluding hydrogens is 356 g/mol. The minimum Gasteiger partial charge on any atom is -0.278 e. The number of aryl methyl sites for hydroxylation is 3. The SMILES string of the molecule is Cc1cc2nc(N(Cc3ccccc3)C(=O)c3ccnn3C)sc2cc1C. The fraction of sp³-hybridized carbons (Fsp3) is 0.190. The largest absolute Gasteiger partial charge is 0.278 e. The number of hydrogen-bond donors (Lipinski definition) is 0. The van der Waals surface area contributed by atoms with Crippen LogP contribution in [-0.4, -0.2) is 20.7 Å². The molecule has 0 atom stereocenters. The number of aromatic nitrogens is 3. The van der Waals surface area contributed by atoms with Crippen LogP contribution in [0.3, 0.4) is 0 Å². The standard InChI is InChI=1S/C21H20N4OS/c1-14-11-17-19(12-15(14)2)27-21(23-17)25(13-16-7-5-4-6-8-16)20(26)18-9-10-22-24(18)3/h4-12H,13H2,1-3H3. The van der Waals surface area contributed by atoms with Crippen molar-refractivity contribution in [3.63, 3.8) is 0 Å². The molecule has 4 aromatic rings. The van der Waals surface area contributed by atoms with Crippen LogP contribution in [0.1, 0.15) is 27.2 Å². The highest BCUT2D eigenvalue weighted by Gasteiger charge is 2.24. The highest BCUT2D eigenvalue weighted by molar-refractivity contribution is 7.22. The number of fused-ring (bicyclic) bond motifs is 1. The van der Waals surface area contributed by atoms with Gasteiger partial charge in [0.25, 0.3) is 5.91 Å². The molecule has 1 amide bonds. The molecule has 0 saturated carbocycles. The molecule has 136 valence electrons. The maximum absolute atomic E-state index is 13.3. The second-order valence-corrected chi connectivity index (χ2v) is 7.63. The second-order valence-electron chi connectivity index (χ2n) is 6.62. The molecule has 0 spiro atoms. The molecule has 0 fully saturated rings. The van der Waals surface area contributed by atoms with Gasteiger partial charge in [-0.15, -0.1) is 0 Å². The lowest BCUT2D eigenvalue weighted by Gasteiger charge is -2.20. The van der Waals surface area contributed by atoms with Crippen molar-refractivity contribution in [2.45, 2.75) is 20.4 Å². The van der Waals surface area contributed by atoms with Crippen molar-refractivity contribution in [3.05, 3.63) is 77.1 Å². The number of amides is 1. The molecule has 0 radical (unpaired) electrons. The summed E-state index contributed by atoms with van der Waals surface area (Å²) in [7, 11) is 1.78. The lowest BCUT2D eigenvalue weighted by atomic mass is 10.1. The molecular formula is C21H20N4OS. The van der Waals surface area contributed by atoms with Gasteiger partial charge in [0, 0.05) is 13.2 Å². The molecule has 4 rings (SSSR count). The molecule has 2 aromatic carbocycles. The van der Waals surface area contributed by atoms with Gasteiger partial charge in [-0.05, 0) is 48.7 Å². The van der Waals surface area contributed by atoms with Gasteiger partial charge < -0.3 is 0 Å². The highest BCUT2D eigenvalue weighted by atomic mass is 32.1. The van der Waals surface area contributed by atoms with E-state index in [1.54, 1.807) is 40.2 Å². The van der Waals surface area contributed by atoms with Crippen molar-refractivity contribution < 1.29 is 4.79 Å². The van der Waals surface area contributed by atoms with Crippen molar-refractivity contribution in [1.29, 1.82) is 0 Å². The first-order chi connectivity index (χ1) is 13.0. The number of anilines is 1. The Morgan fingerprint density at radius 2 is 1.85 bits per heavy atom. The molecule has 2 heterocycles. The Morgan fingerprint density at radius 1 is 1.11 bits per heavy atom. The Labute approximate surface area is 161 Å². The molecule has 5 nitrogen and oxygen atoms in total. The average molecular weight is 376 g/mol. The van der Waals surface area contributed by atoms with E-state index >= 15 is 0 Å². The lowest BCUT2D eigenvalue weighted by molar-refractivity contribution is 0.0976. The monoisotopic (exact) mass is 376 g/mol. The Kier molecular flexibility index (Phi) is 4.49.